The third-order valence-corrected chi connectivity index (χ3v) is 2.90. The lowest BCUT2D eigenvalue weighted by Gasteiger charge is -2.12. The normalized spacial score (nSPS) is 42.4. The van der Waals surface area contributed by atoms with Crippen molar-refractivity contribution >= 4 is 5.97 Å². The van der Waals surface area contributed by atoms with Crippen molar-refractivity contribution in [2.24, 2.45) is 5.92 Å². The van der Waals surface area contributed by atoms with E-state index in [-0.39, 0.29) is 6.04 Å². The van der Waals surface area contributed by atoms with Gasteiger partial charge in [0, 0.05) is 12.1 Å². The zero-order valence-corrected chi connectivity index (χ0v) is 6.38. The number of hydrogen-bond acceptors (Lipinski definition) is 3. The molecule has 0 aromatic carbocycles. The number of hydrogen-bond donors (Lipinski definition) is 1. The van der Waals surface area contributed by atoms with E-state index in [0.717, 1.165) is 12.8 Å². The number of aliphatic carboxylic acids is 1. The van der Waals surface area contributed by atoms with Gasteiger partial charge in [-0.05, 0) is 25.2 Å². The van der Waals surface area contributed by atoms with Crippen molar-refractivity contribution in [3.8, 4) is 0 Å². The Hall–Kier alpha value is -0.570. The molecule has 3 atom stereocenters. The van der Waals surface area contributed by atoms with E-state index in [1.165, 1.54) is 12.8 Å². The highest BCUT2D eigenvalue weighted by Crippen LogP contribution is 2.34. The molecule has 62 valence electrons. The molecule has 1 aliphatic heterocycles. The van der Waals surface area contributed by atoms with Crippen molar-refractivity contribution in [3.63, 3.8) is 0 Å². The summed E-state index contributed by atoms with van der Waals surface area (Å²) in [6.07, 6.45) is 4.38. The van der Waals surface area contributed by atoms with Gasteiger partial charge in [-0.25, -0.2) is 0 Å². The molecule has 1 saturated heterocycles. The predicted molar refractivity (Wildman–Crippen MR) is 37.7 cm³/mol. The van der Waals surface area contributed by atoms with Gasteiger partial charge in [0.2, 0.25) is 0 Å². The van der Waals surface area contributed by atoms with E-state index < -0.39 is 5.97 Å². The van der Waals surface area contributed by atoms with Crippen LogP contribution in [0.4, 0.5) is 0 Å². The summed E-state index contributed by atoms with van der Waals surface area (Å²) in [6.45, 7) is 0. The maximum Gasteiger partial charge on any atom is 0.0584 e. The van der Waals surface area contributed by atoms with E-state index in [9.17, 15) is 9.90 Å². The second-order valence-electron chi connectivity index (χ2n) is 3.57. The van der Waals surface area contributed by atoms with E-state index in [4.69, 9.17) is 0 Å². The van der Waals surface area contributed by atoms with Crippen LogP contribution in [0.15, 0.2) is 0 Å². The van der Waals surface area contributed by atoms with Crippen molar-refractivity contribution in [1.29, 1.82) is 0 Å². The average Bonchev–Trinajstić information content (AvgIpc) is 2.40. The van der Waals surface area contributed by atoms with Gasteiger partial charge in [0.1, 0.15) is 0 Å². The molecule has 3 nitrogen and oxygen atoms in total. The summed E-state index contributed by atoms with van der Waals surface area (Å²) in [7, 11) is 0. The molecule has 0 amide bonds. The molecule has 2 fully saturated rings. The fourth-order valence-corrected chi connectivity index (χ4v) is 2.33. The Bertz CT molecular complexity index is 169. The second kappa shape index (κ2) is 2.48. The molecule has 2 rings (SSSR count). The molecule has 0 spiro atoms. The van der Waals surface area contributed by atoms with Crippen LogP contribution in [0.1, 0.15) is 25.7 Å². The summed E-state index contributed by atoms with van der Waals surface area (Å²) in [4.78, 5) is 10.5. The molecule has 3 heteroatoms. The number of carboxylic acid groups (broad SMARTS) is 1. The summed E-state index contributed by atoms with van der Waals surface area (Å²) in [5, 5.41) is 13.5. The Kier molecular flexibility index (Phi) is 1.60. The van der Waals surface area contributed by atoms with Gasteiger partial charge in [0.15, 0.2) is 0 Å². The Balaban J connectivity index is 1.99. The highest BCUT2D eigenvalue weighted by Gasteiger charge is 2.36. The molecule has 0 bridgehead atoms. The van der Waals surface area contributed by atoms with Gasteiger partial charge in [-0.15, -0.1) is 0 Å². The maximum absolute atomic E-state index is 10.5. The molecular weight excluding hydrogens is 142 g/mol. The Morgan fingerprint density at radius 3 is 2.91 bits per heavy atom. The van der Waals surface area contributed by atoms with E-state index in [1.54, 1.807) is 0 Å². The molecule has 1 saturated carbocycles. The third kappa shape index (κ3) is 1.13. The molecule has 0 aromatic heterocycles. The van der Waals surface area contributed by atoms with Crippen LogP contribution >= 0.6 is 0 Å². The highest BCUT2D eigenvalue weighted by atomic mass is 16.4. The summed E-state index contributed by atoms with van der Waals surface area (Å²) >= 11 is 0. The Morgan fingerprint density at radius 1 is 1.45 bits per heavy atom. The van der Waals surface area contributed by atoms with Gasteiger partial charge >= 0.3 is 0 Å². The number of carbonyl (C=O) groups excluding carboxylic acids is 1. The van der Waals surface area contributed by atoms with Gasteiger partial charge in [-0.2, -0.15) is 0 Å². The van der Waals surface area contributed by atoms with Crippen molar-refractivity contribution in [2.75, 3.05) is 0 Å². The van der Waals surface area contributed by atoms with Crippen LogP contribution in [-0.2, 0) is 4.79 Å². The zero-order chi connectivity index (χ0) is 7.84. The van der Waals surface area contributed by atoms with Crippen LogP contribution in [0.25, 0.3) is 0 Å². The first-order chi connectivity index (χ1) is 5.27. The molecule has 0 aromatic rings. The van der Waals surface area contributed by atoms with Crippen LogP contribution in [0.3, 0.4) is 0 Å². The number of rotatable bonds is 1. The quantitative estimate of drug-likeness (QED) is 0.541. The van der Waals surface area contributed by atoms with Gasteiger partial charge in [-0.1, -0.05) is 6.42 Å². The predicted octanol–water partition coefficient (Wildman–Crippen LogP) is -0.733. The summed E-state index contributed by atoms with van der Waals surface area (Å²) in [5.41, 5.74) is 0. The van der Waals surface area contributed by atoms with Crippen LogP contribution in [0, 0.1) is 5.92 Å². The minimum Gasteiger partial charge on any atom is -0.548 e. The SMILES string of the molecule is O=C([O-])C1CC2CCCC2N1. The fraction of sp³-hybridized carbons (Fsp3) is 0.875. The van der Waals surface area contributed by atoms with Crippen LogP contribution in [0.5, 0.6) is 0 Å². The number of carbonyl (C=O) groups is 1. The van der Waals surface area contributed by atoms with Gasteiger partial charge in [0.05, 0.1) is 5.97 Å². The first-order valence-electron chi connectivity index (χ1n) is 4.24. The monoisotopic (exact) mass is 154 g/mol. The molecule has 1 N–H and O–H groups in total. The molecule has 2 aliphatic rings. The standard InChI is InChI=1S/C8H13NO2/c10-8(11)7-4-5-2-1-3-6(5)9-7/h5-7,9H,1-4H2,(H,10,11)/p-1. The fourth-order valence-electron chi connectivity index (χ4n) is 2.33. The minimum absolute atomic E-state index is 0.370. The smallest absolute Gasteiger partial charge is 0.0584 e. The Morgan fingerprint density at radius 2 is 2.27 bits per heavy atom. The molecule has 11 heavy (non-hydrogen) atoms. The second-order valence-corrected chi connectivity index (χ2v) is 3.57. The van der Waals surface area contributed by atoms with E-state index in [2.05, 4.69) is 5.32 Å². The van der Waals surface area contributed by atoms with Gasteiger partial charge in [0.25, 0.3) is 0 Å². The van der Waals surface area contributed by atoms with Crippen molar-refractivity contribution in [1.82, 2.24) is 5.32 Å². The van der Waals surface area contributed by atoms with Crippen LogP contribution < -0.4 is 10.4 Å². The average molecular weight is 154 g/mol. The zero-order valence-electron chi connectivity index (χ0n) is 6.38. The third-order valence-electron chi connectivity index (χ3n) is 2.90. The molecule has 1 heterocycles. The number of carboxylic acids is 1. The lowest BCUT2D eigenvalue weighted by molar-refractivity contribution is -0.308. The van der Waals surface area contributed by atoms with E-state index in [1.807, 2.05) is 0 Å². The van der Waals surface area contributed by atoms with Crippen LogP contribution in [0.2, 0.25) is 0 Å². The van der Waals surface area contributed by atoms with Crippen LogP contribution in [-0.4, -0.2) is 18.1 Å². The summed E-state index contributed by atoms with van der Waals surface area (Å²) < 4.78 is 0. The highest BCUT2D eigenvalue weighted by molar-refractivity contribution is 5.71. The Labute approximate surface area is 65.8 Å². The minimum atomic E-state index is -0.931. The lowest BCUT2D eigenvalue weighted by atomic mass is 10.0. The van der Waals surface area contributed by atoms with E-state index in [0.29, 0.717) is 12.0 Å². The first-order valence-corrected chi connectivity index (χ1v) is 4.24. The van der Waals surface area contributed by atoms with Gasteiger partial charge < -0.3 is 15.2 Å². The van der Waals surface area contributed by atoms with Crippen molar-refractivity contribution < 1.29 is 9.90 Å². The molecule has 0 radical (unpaired) electrons. The molecule has 3 unspecified atom stereocenters. The van der Waals surface area contributed by atoms with E-state index >= 15 is 0 Å². The summed E-state index contributed by atoms with van der Waals surface area (Å²) in [5.74, 6) is -0.322. The summed E-state index contributed by atoms with van der Waals surface area (Å²) in [6, 6.07) is 0.100. The van der Waals surface area contributed by atoms with Crippen molar-refractivity contribution in [2.45, 2.75) is 37.8 Å². The largest absolute Gasteiger partial charge is 0.548 e. The number of fused-ring (bicyclic) bond motifs is 1. The maximum atomic E-state index is 10.5. The first kappa shape index (κ1) is 7.10. The number of nitrogens with one attached hydrogen (secondary N) is 1. The topological polar surface area (TPSA) is 52.2 Å². The lowest BCUT2D eigenvalue weighted by Crippen LogP contribution is -2.43. The van der Waals surface area contributed by atoms with Gasteiger partial charge in [-0.3, -0.25) is 0 Å². The molecular formula is C8H12NO2-. The molecule has 1 aliphatic carbocycles. The van der Waals surface area contributed by atoms with Crippen molar-refractivity contribution in [3.05, 3.63) is 0 Å².